The molecule has 3 rings (SSSR count). The summed E-state index contributed by atoms with van der Waals surface area (Å²) in [4.78, 5) is 24.6. The van der Waals surface area contributed by atoms with E-state index in [4.69, 9.17) is 5.73 Å². The van der Waals surface area contributed by atoms with Gasteiger partial charge in [-0.15, -0.1) is 11.3 Å². The lowest BCUT2D eigenvalue weighted by atomic mass is 10.0. The Bertz CT molecular complexity index is 1020. The van der Waals surface area contributed by atoms with Gasteiger partial charge in [0.05, 0.1) is 15.7 Å². The number of thiazole rings is 1. The van der Waals surface area contributed by atoms with Gasteiger partial charge in [0, 0.05) is 54.8 Å². The van der Waals surface area contributed by atoms with Crippen LogP contribution in [0, 0.1) is 0 Å². The number of aromatic nitrogens is 2. The number of carbonyl (C=O) groups is 1. The molecule has 130 valence electrons. The summed E-state index contributed by atoms with van der Waals surface area (Å²) in [7, 11) is 1.67. The molecule has 3 N–H and O–H groups in total. The van der Waals surface area contributed by atoms with Crippen LogP contribution in [0.3, 0.4) is 0 Å². The lowest BCUT2D eigenvalue weighted by Gasteiger charge is -2.06. The number of anilines is 1. The average Bonchev–Trinajstić information content (AvgIpc) is 3.12. The first kappa shape index (κ1) is 17.5. The minimum absolute atomic E-state index is 0.239. The fourth-order valence-corrected chi connectivity index (χ4v) is 3.09. The number of nitrogens with zero attached hydrogens (tertiary/aromatic N) is 3. The topological polar surface area (TPSA) is 93.3 Å². The van der Waals surface area contributed by atoms with Crippen molar-refractivity contribution in [2.24, 2.45) is 10.7 Å². The van der Waals surface area contributed by atoms with Gasteiger partial charge in [0.25, 0.3) is 0 Å². The molecule has 0 radical (unpaired) electrons. The quantitative estimate of drug-likeness (QED) is 0.537. The van der Waals surface area contributed by atoms with Gasteiger partial charge in [0.15, 0.2) is 0 Å². The Morgan fingerprint density at radius 1 is 1.35 bits per heavy atom. The van der Waals surface area contributed by atoms with E-state index in [0.29, 0.717) is 5.69 Å². The number of hydrogen-bond acceptors (Lipinski definition) is 6. The molecule has 0 saturated carbocycles. The molecule has 26 heavy (non-hydrogen) atoms. The Labute approximate surface area is 154 Å². The first-order valence-corrected chi connectivity index (χ1v) is 8.70. The second kappa shape index (κ2) is 8.17. The van der Waals surface area contributed by atoms with Crippen molar-refractivity contribution in [1.82, 2.24) is 9.97 Å². The summed E-state index contributed by atoms with van der Waals surface area (Å²) in [5, 5.41) is 2.83. The SMILES string of the molecule is CN=CC(=CN)c1ccncc1/C=C/C(=O)Nc1ccc2scnc2c1. The highest BCUT2D eigenvalue weighted by Crippen LogP contribution is 2.22. The molecular formula is C19H17N5OS. The molecule has 6 nitrogen and oxygen atoms in total. The lowest BCUT2D eigenvalue weighted by Crippen LogP contribution is -2.07. The van der Waals surface area contributed by atoms with E-state index in [1.807, 2.05) is 24.3 Å². The number of nitrogens with one attached hydrogen (secondary N) is 1. The van der Waals surface area contributed by atoms with Gasteiger partial charge >= 0.3 is 0 Å². The van der Waals surface area contributed by atoms with Crippen molar-refractivity contribution in [2.45, 2.75) is 0 Å². The number of hydrogen-bond donors (Lipinski definition) is 2. The number of rotatable bonds is 5. The summed E-state index contributed by atoms with van der Waals surface area (Å²) in [5.74, 6) is -0.239. The summed E-state index contributed by atoms with van der Waals surface area (Å²) >= 11 is 1.56. The van der Waals surface area contributed by atoms with Crippen molar-refractivity contribution >= 4 is 51.0 Å². The Kier molecular flexibility index (Phi) is 5.50. The van der Waals surface area contributed by atoms with E-state index in [1.165, 1.54) is 12.3 Å². The zero-order valence-electron chi connectivity index (χ0n) is 14.1. The van der Waals surface area contributed by atoms with Gasteiger partial charge in [0.2, 0.25) is 5.91 Å². The fraction of sp³-hybridized carbons (Fsp3) is 0.0526. The number of nitrogens with two attached hydrogens (primary N) is 1. The van der Waals surface area contributed by atoms with E-state index >= 15 is 0 Å². The zero-order valence-corrected chi connectivity index (χ0v) is 14.9. The van der Waals surface area contributed by atoms with E-state index in [9.17, 15) is 4.79 Å². The normalized spacial score (nSPS) is 12.3. The first-order valence-electron chi connectivity index (χ1n) is 7.82. The van der Waals surface area contributed by atoms with Gasteiger partial charge in [0.1, 0.15) is 0 Å². The second-order valence-electron chi connectivity index (χ2n) is 5.33. The van der Waals surface area contributed by atoms with Gasteiger partial charge < -0.3 is 11.1 Å². The second-order valence-corrected chi connectivity index (χ2v) is 6.22. The van der Waals surface area contributed by atoms with Crippen LogP contribution >= 0.6 is 11.3 Å². The minimum Gasteiger partial charge on any atom is -0.404 e. The van der Waals surface area contributed by atoms with Crippen LogP contribution in [0.15, 0.2) is 59.4 Å². The zero-order chi connectivity index (χ0) is 18.4. The first-order chi connectivity index (χ1) is 12.7. The largest absolute Gasteiger partial charge is 0.404 e. The summed E-state index contributed by atoms with van der Waals surface area (Å²) < 4.78 is 1.08. The summed E-state index contributed by atoms with van der Waals surface area (Å²) in [6.07, 6.45) is 9.64. The van der Waals surface area contributed by atoms with Crippen molar-refractivity contribution in [3.63, 3.8) is 0 Å². The van der Waals surface area contributed by atoms with Crippen LogP contribution in [0.1, 0.15) is 11.1 Å². The van der Waals surface area contributed by atoms with Crippen LogP contribution in [0.25, 0.3) is 21.9 Å². The number of allylic oxidation sites excluding steroid dienone is 1. The molecule has 7 heteroatoms. The average molecular weight is 363 g/mol. The number of carbonyl (C=O) groups excluding carboxylic acids is 1. The number of benzene rings is 1. The van der Waals surface area contributed by atoms with Crippen molar-refractivity contribution in [2.75, 3.05) is 12.4 Å². The van der Waals surface area contributed by atoms with Crippen LogP contribution in [0.5, 0.6) is 0 Å². The van der Waals surface area contributed by atoms with Crippen LogP contribution in [0.2, 0.25) is 0 Å². The maximum Gasteiger partial charge on any atom is 0.248 e. The van der Waals surface area contributed by atoms with Crippen LogP contribution in [-0.4, -0.2) is 29.1 Å². The van der Waals surface area contributed by atoms with Gasteiger partial charge in [-0.1, -0.05) is 0 Å². The molecule has 0 spiro atoms. The Hall–Kier alpha value is -3.32. The van der Waals surface area contributed by atoms with E-state index in [1.54, 1.807) is 48.6 Å². The molecule has 0 aliphatic heterocycles. The number of fused-ring (bicyclic) bond motifs is 1. The molecule has 2 heterocycles. The third kappa shape index (κ3) is 4.01. The highest BCUT2D eigenvalue weighted by atomic mass is 32.1. The lowest BCUT2D eigenvalue weighted by molar-refractivity contribution is -0.111. The monoisotopic (exact) mass is 363 g/mol. The summed E-state index contributed by atoms with van der Waals surface area (Å²) in [5.41, 5.74) is 11.4. The molecule has 0 saturated heterocycles. The minimum atomic E-state index is -0.239. The Morgan fingerprint density at radius 2 is 2.23 bits per heavy atom. The molecule has 1 aromatic carbocycles. The smallest absolute Gasteiger partial charge is 0.248 e. The molecule has 0 aliphatic rings. The van der Waals surface area contributed by atoms with Crippen LogP contribution in [0.4, 0.5) is 5.69 Å². The van der Waals surface area contributed by atoms with E-state index in [-0.39, 0.29) is 5.91 Å². The van der Waals surface area contributed by atoms with E-state index in [2.05, 4.69) is 20.3 Å². The van der Waals surface area contributed by atoms with E-state index < -0.39 is 0 Å². The van der Waals surface area contributed by atoms with Gasteiger partial charge in [-0.25, -0.2) is 4.98 Å². The molecule has 0 fully saturated rings. The number of pyridine rings is 1. The Morgan fingerprint density at radius 3 is 3.04 bits per heavy atom. The standard InChI is InChI=1S/C19H17N5OS/c1-21-10-14(9-20)16-6-7-22-11-13(16)2-5-19(25)24-15-3-4-18-17(8-15)23-12-26-18/h2-12H,20H2,1H3,(H,24,25)/b5-2+,14-9?,21-10?. The molecule has 3 aromatic rings. The summed E-state index contributed by atoms with van der Waals surface area (Å²) in [6.45, 7) is 0. The van der Waals surface area contributed by atoms with Gasteiger partial charge in [-0.05, 0) is 35.9 Å². The van der Waals surface area contributed by atoms with Crippen LogP contribution in [-0.2, 0) is 4.79 Å². The van der Waals surface area contributed by atoms with Crippen molar-refractivity contribution in [3.05, 3.63) is 65.6 Å². The number of amides is 1. The maximum absolute atomic E-state index is 12.2. The fourth-order valence-electron chi connectivity index (χ4n) is 2.43. The molecule has 0 unspecified atom stereocenters. The molecule has 2 aromatic heterocycles. The highest BCUT2D eigenvalue weighted by Gasteiger charge is 2.05. The Balaban J connectivity index is 1.78. The highest BCUT2D eigenvalue weighted by molar-refractivity contribution is 7.16. The molecule has 0 bridgehead atoms. The third-order valence-electron chi connectivity index (χ3n) is 3.62. The van der Waals surface area contributed by atoms with Crippen LogP contribution < -0.4 is 11.1 Å². The predicted octanol–water partition coefficient (Wildman–Crippen LogP) is 3.34. The van der Waals surface area contributed by atoms with Crippen molar-refractivity contribution in [3.8, 4) is 0 Å². The molecular weight excluding hydrogens is 346 g/mol. The third-order valence-corrected chi connectivity index (χ3v) is 4.43. The number of aliphatic imine (C=N–C) groups is 1. The van der Waals surface area contributed by atoms with E-state index in [0.717, 1.165) is 26.9 Å². The predicted molar refractivity (Wildman–Crippen MR) is 108 cm³/mol. The van der Waals surface area contributed by atoms with Crippen molar-refractivity contribution < 1.29 is 4.79 Å². The molecule has 0 atom stereocenters. The van der Waals surface area contributed by atoms with Gasteiger partial charge in [-0.2, -0.15) is 0 Å². The molecule has 1 amide bonds. The summed E-state index contributed by atoms with van der Waals surface area (Å²) in [6, 6.07) is 7.47. The maximum atomic E-state index is 12.2. The van der Waals surface area contributed by atoms with Gasteiger partial charge in [-0.3, -0.25) is 14.8 Å². The van der Waals surface area contributed by atoms with Crippen molar-refractivity contribution in [1.29, 1.82) is 0 Å². The molecule has 0 aliphatic carbocycles.